The molecule has 3 aliphatic rings. The van der Waals surface area contributed by atoms with Crippen molar-refractivity contribution < 1.29 is 9.15 Å². The molecular formula is C43H29N3O2. The van der Waals surface area contributed by atoms with Crippen LogP contribution < -0.4 is 4.74 Å². The Morgan fingerprint density at radius 3 is 2.46 bits per heavy atom. The van der Waals surface area contributed by atoms with Gasteiger partial charge >= 0.3 is 0 Å². The van der Waals surface area contributed by atoms with Crippen molar-refractivity contribution in [3.05, 3.63) is 156 Å². The lowest BCUT2D eigenvalue weighted by molar-refractivity contribution is 0.269. The Morgan fingerprint density at radius 1 is 0.667 bits per heavy atom. The summed E-state index contributed by atoms with van der Waals surface area (Å²) < 4.78 is 12.7. The van der Waals surface area contributed by atoms with Gasteiger partial charge in [-0.3, -0.25) is 0 Å². The third-order valence-electron chi connectivity index (χ3n) is 9.74. The first-order valence-electron chi connectivity index (χ1n) is 16.5. The largest absolute Gasteiger partial charge is 0.485 e. The number of aromatic nitrogens is 3. The zero-order valence-electron chi connectivity index (χ0n) is 26.0. The van der Waals surface area contributed by atoms with Crippen LogP contribution in [0.3, 0.4) is 0 Å². The number of aryl methyl sites for hydroxylation is 1. The van der Waals surface area contributed by atoms with E-state index < -0.39 is 0 Å². The second-order valence-electron chi connectivity index (χ2n) is 12.6. The molecule has 2 atom stereocenters. The second kappa shape index (κ2) is 10.7. The number of fused-ring (bicyclic) bond motifs is 7. The minimum absolute atomic E-state index is 0.0439. The van der Waals surface area contributed by atoms with E-state index >= 15 is 0 Å². The van der Waals surface area contributed by atoms with Gasteiger partial charge in [-0.25, -0.2) is 15.0 Å². The van der Waals surface area contributed by atoms with Crippen LogP contribution in [0.1, 0.15) is 34.9 Å². The number of hydrogen-bond acceptors (Lipinski definition) is 5. The lowest BCUT2D eigenvalue weighted by Gasteiger charge is -2.19. The number of benzene rings is 5. The number of para-hydroxylation sites is 2. The molecular weight excluding hydrogens is 590 g/mol. The molecule has 5 heteroatoms. The summed E-state index contributed by atoms with van der Waals surface area (Å²) in [6, 6.07) is 37.7. The van der Waals surface area contributed by atoms with Crippen molar-refractivity contribution >= 4 is 33.6 Å². The first-order chi connectivity index (χ1) is 23.8. The third-order valence-corrected chi connectivity index (χ3v) is 9.74. The zero-order valence-corrected chi connectivity index (χ0v) is 26.0. The average molecular weight is 620 g/mol. The second-order valence-corrected chi connectivity index (χ2v) is 12.6. The molecule has 48 heavy (non-hydrogen) atoms. The van der Waals surface area contributed by atoms with Gasteiger partial charge in [0, 0.05) is 39.0 Å². The summed E-state index contributed by atoms with van der Waals surface area (Å²) in [6.45, 7) is 0. The minimum atomic E-state index is -0.0439. The fourth-order valence-corrected chi connectivity index (χ4v) is 7.42. The smallest absolute Gasteiger partial charge is 0.165 e. The van der Waals surface area contributed by atoms with Crippen LogP contribution in [-0.4, -0.2) is 21.1 Å². The van der Waals surface area contributed by atoms with Gasteiger partial charge < -0.3 is 9.15 Å². The Hall–Kier alpha value is -6.07. The van der Waals surface area contributed by atoms with Gasteiger partial charge in [-0.1, -0.05) is 109 Å². The molecule has 2 unspecified atom stereocenters. The fraction of sp³-hybridized carbons (Fsp3) is 0.0930. The molecule has 0 saturated heterocycles. The van der Waals surface area contributed by atoms with Gasteiger partial charge in [0.1, 0.15) is 23.0 Å². The number of allylic oxidation sites excluding steroid dienone is 3. The van der Waals surface area contributed by atoms with Crippen molar-refractivity contribution in [1.29, 1.82) is 0 Å². The maximum absolute atomic E-state index is 6.42. The Labute approximate surface area is 277 Å². The van der Waals surface area contributed by atoms with E-state index in [1.807, 2.05) is 42.5 Å². The molecule has 1 aliphatic heterocycles. The van der Waals surface area contributed by atoms with E-state index in [-0.39, 0.29) is 12.0 Å². The lowest BCUT2D eigenvalue weighted by atomic mass is 9.88. The topological polar surface area (TPSA) is 61.0 Å². The highest BCUT2D eigenvalue weighted by molar-refractivity contribution is 6.15. The molecule has 0 radical (unpaired) electrons. The maximum Gasteiger partial charge on any atom is 0.165 e. The molecule has 0 bridgehead atoms. The highest BCUT2D eigenvalue weighted by Crippen LogP contribution is 2.45. The van der Waals surface area contributed by atoms with Crippen molar-refractivity contribution in [1.82, 2.24) is 15.0 Å². The van der Waals surface area contributed by atoms with Gasteiger partial charge in [-0.05, 0) is 65.4 Å². The summed E-state index contributed by atoms with van der Waals surface area (Å²) in [7, 11) is 0. The monoisotopic (exact) mass is 619 g/mol. The Morgan fingerprint density at radius 2 is 1.50 bits per heavy atom. The van der Waals surface area contributed by atoms with Gasteiger partial charge in [-0.15, -0.1) is 0 Å². The van der Waals surface area contributed by atoms with Crippen molar-refractivity contribution in [2.75, 3.05) is 0 Å². The molecule has 0 spiro atoms. The highest BCUT2D eigenvalue weighted by atomic mass is 16.5. The predicted octanol–water partition coefficient (Wildman–Crippen LogP) is 10.2. The first kappa shape index (κ1) is 27.1. The van der Waals surface area contributed by atoms with Crippen LogP contribution in [0.5, 0.6) is 5.75 Å². The van der Waals surface area contributed by atoms with Gasteiger partial charge in [0.25, 0.3) is 0 Å². The molecule has 10 rings (SSSR count). The van der Waals surface area contributed by atoms with Crippen LogP contribution >= 0.6 is 0 Å². The van der Waals surface area contributed by atoms with E-state index in [4.69, 9.17) is 24.1 Å². The Kier molecular flexibility index (Phi) is 6.06. The summed E-state index contributed by atoms with van der Waals surface area (Å²) in [5, 5.41) is 2.04. The van der Waals surface area contributed by atoms with Gasteiger partial charge in [0.15, 0.2) is 17.5 Å². The number of nitrogens with zero attached hydrogens (tertiary/aromatic N) is 3. The molecule has 0 saturated carbocycles. The van der Waals surface area contributed by atoms with Crippen LogP contribution in [0.4, 0.5) is 0 Å². The van der Waals surface area contributed by atoms with Gasteiger partial charge in [0.2, 0.25) is 0 Å². The van der Waals surface area contributed by atoms with E-state index in [1.165, 1.54) is 16.7 Å². The third kappa shape index (κ3) is 4.35. The van der Waals surface area contributed by atoms with Crippen LogP contribution in [0.15, 0.2) is 138 Å². The summed E-state index contributed by atoms with van der Waals surface area (Å²) in [4.78, 5) is 15.6. The first-order valence-corrected chi connectivity index (χ1v) is 16.5. The number of hydrogen-bond donors (Lipinski definition) is 0. The van der Waals surface area contributed by atoms with Crippen LogP contribution in [0.25, 0.3) is 67.5 Å². The molecule has 2 aliphatic carbocycles. The van der Waals surface area contributed by atoms with E-state index in [0.29, 0.717) is 17.5 Å². The quantitative estimate of drug-likeness (QED) is 0.196. The number of ether oxygens (including phenoxy) is 1. The summed E-state index contributed by atoms with van der Waals surface area (Å²) >= 11 is 0. The van der Waals surface area contributed by atoms with E-state index in [2.05, 4.69) is 97.1 Å². The summed E-state index contributed by atoms with van der Waals surface area (Å²) in [5.41, 5.74) is 10.5. The summed E-state index contributed by atoms with van der Waals surface area (Å²) in [6.07, 6.45) is 13.0. The predicted molar refractivity (Wildman–Crippen MR) is 191 cm³/mol. The lowest BCUT2D eigenvalue weighted by Crippen LogP contribution is -2.17. The molecule has 5 aromatic carbocycles. The SMILES string of the molecule is C1=Cc2ccc(-c3ccc4oc5ccccc5c4c3-c3nc(C4=CC5c6ccccc6OC5C=C4)nc(-c4ccccc4)n3)cc2CC1. The van der Waals surface area contributed by atoms with Crippen molar-refractivity contribution in [3.63, 3.8) is 0 Å². The van der Waals surface area contributed by atoms with Crippen molar-refractivity contribution in [2.24, 2.45) is 0 Å². The molecule has 0 amide bonds. The Bertz CT molecular complexity index is 2510. The minimum Gasteiger partial charge on any atom is -0.485 e. The summed E-state index contributed by atoms with van der Waals surface area (Å²) in [5.74, 6) is 2.89. The number of furan rings is 1. The average Bonchev–Trinajstić information content (AvgIpc) is 3.72. The van der Waals surface area contributed by atoms with E-state index in [1.54, 1.807) is 0 Å². The zero-order chi connectivity index (χ0) is 31.6. The highest BCUT2D eigenvalue weighted by Gasteiger charge is 2.34. The van der Waals surface area contributed by atoms with E-state index in [0.717, 1.165) is 68.4 Å². The maximum atomic E-state index is 6.42. The molecule has 0 N–H and O–H groups in total. The normalized spacial score (nSPS) is 17.5. The Balaban J connectivity index is 1.24. The molecule has 2 aromatic heterocycles. The molecule has 7 aromatic rings. The van der Waals surface area contributed by atoms with Crippen LogP contribution in [0, 0.1) is 0 Å². The molecule has 0 fully saturated rings. The van der Waals surface area contributed by atoms with Gasteiger partial charge in [-0.2, -0.15) is 0 Å². The fourth-order valence-electron chi connectivity index (χ4n) is 7.42. The molecule has 228 valence electrons. The number of rotatable bonds is 4. The van der Waals surface area contributed by atoms with Crippen LogP contribution in [-0.2, 0) is 6.42 Å². The molecule has 3 heterocycles. The van der Waals surface area contributed by atoms with Crippen molar-refractivity contribution in [3.8, 4) is 39.7 Å². The van der Waals surface area contributed by atoms with Gasteiger partial charge in [0.05, 0.1) is 0 Å². The van der Waals surface area contributed by atoms with E-state index in [9.17, 15) is 0 Å². The van der Waals surface area contributed by atoms with Crippen molar-refractivity contribution in [2.45, 2.75) is 24.9 Å². The van der Waals surface area contributed by atoms with Crippen LogP contribution in [0.2, 0.25) is 0 Å². The standard InChI is InChI=1S/C43H29N3O2/c1-2-11-27(12-3-1)41-44-42(30-20-22-37-34(25-30)32-14-6-8-16-35(32)47-37)46-43(45-41)40-31(29-19-18-26-10-4-5-13-28(26)24-29)21-23-38-39(40)33-15-7-9-17-36(33)48-38/h1-4,6-12,14-25,34,37H,5,13H2. The molecule has 5 nitrogen and oxygen atoms in total.